The minimum Gasteiger partial charge on any atom is -0.442 e. The van der Waals surface area contributed by atoms with Crippen molar-refractivity contribution < 1.29 is 13.9 Å². The first-order valence-electron chi connectivity index (χ1n) is 8.06. The normalized spacial score (nSPS) is 20.6. The van der Waals surface area contributed by atoms with Gasteiger partial charge in [0.1, 0.15) is 11.9 Å². The number of hydrogen-bond acceptors (Lipinski definition) is 5. The van der Waals surface area contributed by atoms with E-state index in [2.05, 4.69) is 0 Å². The summed E-state index contributed by atoms with van der Waals surface area (Å²) in [5, 5.41) is 0.240. The van der Waals surface area contributed by atoms with Crippen molar-refractivity contribution in [3.63, 3.8) is 0 Å². The maximum atomic E-state index is 14.6. The Balaban J connectivity index is 1.70. The molecule has 0 aromatic heterocycles. The molecular weight excluding hydrogens is 363 g/mol. The van der Waals surface area contributed by atoms with E-state index < -0.39 is 6.09 Å². The summed E-state index contributed by atoms with van der Waals surface area (Å²) in [6.45, 7) is 2.41. The number of hydrogen-bond donors (Lipinski definition) is 1. The number of benzene rings is 1. The van der Waals surface area contributed by atoms with Crippen LogP contribution in [0.3, 0.4) is 0 Å². The lowest BCUT2D eigenvalue weighted by atomic mass is 10.2. The first kappa shape index (κ1) is 18.1. The molecule has 0 radical (unpaired) electrons. The molecule has 0 saturated carbocycles. The number of likely N-dealkylation sites (N-methyl/N-ethyl adjacent to an activating group) is 1. The van der Waals surface area contributed by atoms with Crippen LogP contribution in [0.1, 0.15) is 0 Å². The van der Waals surface area contributed by atoms with Gasteiger partial charge in [0.15, 0.2) is 5.11 Å². The van der Waals surface area contributed by atoms with Gasteiger partial charge in [-0.25, -0.2) is 9.18 Å². The monoisotopic (exact) mass is 384 g/mol. The third-order valence-corrected chi connectivity index (χ3v) is 5.58. The number of nitrogens with zero attached hydrogens (tertiary/aromatic N) is 3. The first-order valence-corrected chi connectivity index (χ1v) is 9.63. The number of carbonyl (C=O) groups is 1. The van der Waals surface area contributed by atoms with Crippen molar-refractivity contribution >= 4 is 46.6 Å². The standard InChI is InChI=1S/C16H21FN4O2S2/c1-19(15(18)24)9-12-10-21(16(22)23-12)11-2-3-14(13(17)8-11)20-4-6-25-7-5-20/h2-3,8,12H,4-7,9-10H2,1H3,(H2,18,24). The number of ether oxygens (including phenoxy) is 1. The van der Waals surface area contributed by atoms with Crippen LogP contribution in [-0.2, 0) is 4.74 Å². The lowest BCUT2D eigenvalue weighted by Gasteiger charge is -2.29. The van der Waals surface area contributed by atoms with Gasteiger partial charge in [0.05, 0.1) is 24.5 Å². The average molecular weight is 385 g/mol. The van der Waals surface area contributed by atoms with E-state index in [0.717, 1.165) is 24.6 Å². The van der Waals surface area contributed by atoms with E-state index in [-0.39, 0.29) is 17.0 Å². The zero-order chi connectivity index (χ0) is 18.0. The second kappa shape index (κ2) is 7.65. The fourth-order valence-corrected chi connectivity index (χ4v) is 3.92. The van der Waals surface area contributed by atoms with Gasteiger partial charge in [0.2, 0.25) is 0 Å². The molecule has 1 aromatic rings. The summed E-state index contributed by atoms with van der Waals surface area (Å²) in [7, 11) is 1.74. The van der Waals surface area contributed by atoms with E-state index in [9.17, 15) is 9.18 Å². The molecule has 1 aromatic carbocycles. The number of thiocarbonyl (C=S) groups is 1. The Labute approximate surface area is 156 Å². The molecular formula is C16H21FN4O2S2. The molecule has 2 fully saturated rings. The Kier molecular flexibility index (Phi) is 5.53. The largest absolute Gasteiger partial charge is 0.442 e. The maximum Gasteiger partial charge on any atom is 0.414 e. The number of amides is 1. The zero-order valence-electron chi connectivity index (χ0n) is 14.0. The molecule has 2 aliphatic heterocycles. The van der Waals surface area contributed by atoms with Crippen LogP contribution in [0.4, 0.5) is 20.6 Å². The summed E-state index contributed by atoms with van der Waals surface area (Å²) >= 11 is 6.77. The smallest absolute Gasteiger partial charge is 0.414 e. The molecule has 0 aliphatic carbocycles. The van der Waals surface area contributed by atoms with Crippen LogP contribution in [0.25, 0.3) is 0 Å². The number of anilines is 2. The lowest BCUT2D eigenvalue weighted by Crippen LogP contribution is -2.39. The maximum absolute atomic E-state index is 14.6. The number of halogens is 1. The van der Waals surface area contributed by atoms with Crippen LogP contribution < -0.4 is 15.5 Å². The second-order valence-electron chi connectivity index (χ2n) is 6.07. The summed E-state index contributed by atoms with van der Waals surface area (Å²) in [4.78, 5) is 17.2. The number of rotatable bonds is 4. The van der Waals surface area contributed by atoms with Crippen molar-refractivity contribution in [1.29, 1.82) is 0 Å². The van der Waals surface area contributed by atoms with Crippen molar-refractivity contribution in [2.75, 3.05) is 54.5 Å². The Morgan fingerprint density at radius 2 is 2.20 bits per heavy atom. The molecule has 2 heterocycles. The van der Waals surface area contributed by atoms with Crippen LogP contribution in [0.2, 0.25) is 0 Å². The van der Waals surface area contributed by atoms with Gasteiger partial charge in [-0.1, -0.05) is 0 Å². The summed E-state index contributed by atoms with van der Waals surface area (Å²) in [6.07, 6.45) is -0.844. The quantitative estimate of drug-likeness (QED) is 0.795. The Bertz CT molecular complexity index is 670. The SMILES string of the molecule is CN(CC1CN(c2ccc(N3CCSCC3)c(F)c2)C(=O)O1)C(N)=S. The third kappa shape index (κ3) is 4.09. The zero-order valence-corrected chi connectivity index (χ0v) is 15.6. The number of cyclic esters (lactones) is 1. The van der Waals surface area contributed by atoms with Gasteiger partial charge in [0.25, 0.3) is 0 Å². The number of thioether (sulfide) groups is 1. The van der Waals surface area contributed by atoms with Crippen LogP contribution in [0, 0.1) is 5.82 Å². The van der Waals surface area contributed by atoms with Gasteiger partial charge in [-0.15, -0.1) is 0 Å². The molecule has 1 unspecified atom stereocenters. The Morgan fingerprint density at radius 3 is 2.84 bits per heavy atom. The molecule has 0 bridgehead atoms. The molecule has 2 saturated heterocycles. The Morgan fingerprint density at radius 1 is 1.48 bits per heavy atom. The summed E-state index contributed by atoms with van der Waals surface area (Å²) in [6, 6.07) is 4.90. The fourth-order valence-electron chi connectivity index (χ4n) is 2.95. The predicted molar refractivity (Wildman–Crippen MR) is 103 cm³/mol. The van der Waals surface area contributed by atoms with E-state index in [0.29, 0.717) is 24.5 Å². The van der Waals surface area contributed by atoms with E-state index in [4.69, 9.17) is 22.7 Å². The molecule has 0 spiro atoms. The topological polar surface area (TPSA) is 62.0 Å². The predicted octanol–water partition coefficient (Wildman–Crippen LogP) is 1.88. The van der Waals surface area contributed by atoms with Gasteiger partial charge in [-0.3, -0.25) is 4.90 Å². The van der Waals surface area contributed by atoms with E-state index in [1.165, 1.54) is 11.0 Å². The van der Waals surface area contributed by atoms with Crippen LogP contribution in [0.5, 0.6) is 0 Å². The lowest BCUT2D eigenvalue weighted by molar-refractivity contribution is 0.130. The van der Waals surface area contributed by atoms with Crippen LogP contribution in [0.15, 0.2) is 18.2 Å². The van der Waals surface area contributed by atoms with Gasteiger partial charge in [-0.05, 0) is 30.4 Å². The third-order valence-electron chi connectivity index (χ3n) is 4.32. The molecule has 9 heteroatoms. The molecule has 1 amide bonds. The minimum absolute atomic E-state index is 0.240. The van der Waals surface area contributed by atoms with Crippen molar-refractivity contribution in [2.45, 2.75) is 6.10 Å². The van der Waals surface area contributed by atoms with Gasteiger partial charge >= 0.3 is 6.09 Å². The van der Waals surface area contributed by atoms with E-state index in [1.807, 2.05) is 16.7 Å². The molecule has 2 N–H and O–H groups in total. The highest BCUT2D eigenvalue weighted by molar-refractivity contribution is 7.99. The minimum atomic E-state index is -0.483. The summed E-state index contributed by atoms with van der Waals surface area (Å²) in [5.41, 5.74) is 6.63. The summed E-state index contributed by atoms with van der Waals surface area (Å²) < 4.78 is 19.9. The van der Waals surface area contributed by atoms with Crippen molar-refractivity contribution in [3.05, 3.63) is 24.0 Å². The van der Waals surface area contributed by atoms with E-state index in [1.54, 1.807) is 24.1 Å². The van der Waals surface area contributed by atoms with Crippen LogP contribution in [-0.4, -0.2) is 66.9 Å². The average Bonchev–Trinajstić information content (AvgIpc) is 2.95. The van der Waals surface area contributed by atoms with Crippen molar-refractivity contribution in [3.8, 4) is 0 Å². The number of nitrogens with two attached hydrogens (primary N) is 1. The van der Waals surface area contributed by atoms with Gasteiger partial charge in [-0.2, -0.15) is 11.8 Å². The fraction of sp³-hybridized carbons (Fsp3) is 0.500. The Hall–Kier alpha value is -1.74. The van der Waals surface area contributed by atoms with Crippen molar-refractivity contribution in [2.24, 2.45) is 5.73 Å². The number of carbonyl (C=O) groups excluding carboxylic acids is 1. The summed E-state index contributed by atoms with van der Waals surface area (Å²) in [5.74, 6) is 1.68. The molecule has 2 aliphatic rings. The molecule has 136 valence electrons. The molecule has 6 nitrogen and oxygen atoms in total. The second-order valence-corrected chi connectivity index (χ2v) is 7.71. The van der Waals surface area contributed by atoms with Crippen molar-refractivity contribution in [1.82, 2.24) is 4.90 Å². The van der Waals surface area contributed by atoms with Crippen LogP contribution >= 0.6 is 24.0 Å². The first-order chi connectivity index (χ1) is 12.0. The highest BCUT2D eigenvalue weighted by Gasteiger charge is 2.33. The molecule has 3 rings (SSSR count). The van der Waals surface area contributed by atoms with Gasteiger partial charge in [0, 0.05) is 31.6 Å². The highest BCUT2D eigenvalue weighted by atomic mass is 32.2. The molecule has 25 heavy (non-hydrogen) atoms. The molecule has 1 atom stereocenters. The van der Waals surface area contributed by atoms with E-state index >= 15 is 0 Å². The highest BCUT2D eigenvalue weighted by Crippen LogP contribution is 2.29. The van der Waals surface area contributed by atoms with Gasteiger partial charge < -0.3 is 20.3 Å².